The van der Waals surface area contributed by atoms with E-state index >= 15 is 0 Å². The lowest BCUT2D eigenvalue weighted by Crippen LogP contribution is -2.44. The fourth-order valence-corrected chi connectivity index (χ4v) is 4.55. The van der Waals surface area contributed by atoms with Gasteiger partial charge in [0.1, 0.15) is 5.75 Å². The molecule has 0 spiro atoms. The molecule has 0 aromatic heterocycles. The average Bonchev–Trinajstić information content (AvgIpc) is 3.31. The van der Waals surface area contributed by atoms with E-state index in [0.717, 1.165) is 42.0 Å². The summed E-state index contributed by atoms with van der Waals surface area (Å²) in [6.45, 7) is 3.76. The Morgan fingerprint density at radius 1 is 1.09 bits per heavy atom. The van der Waals surface area contributed by atoms with Gasteiger partial charge in [0.25, 0.3) is 5.91 Å². The molecule has 2 aromatic carbocycles. The fourth-order valence-electron chi connectivity index (χ4n) is 4.55. The van der Waals surface area contributed by atoms with E-state index in [1.807, 2.05) is 61.5 Å². The molecule has 0 aliphatic carbocycles. The number of hydrazone groups is 1. The minimum atomic E-state index is -0.177. The van der Waals surface area contributed by atoms with Crippen LogP contribution < -0.4 is 4.74 Å². The maximum absolute atomic E-state index is 13.4. The van der Waals surface area contributed by atoms with Crippen molar-refractivity contribution >= 4 is 17.6 Å². The Morgan fingerprint density at radius 3 is 2.55 bits per heavy atom. The summed E-state index contributed by atoms with van der Waals surface area (Å²) in [6.07, 6.45) is 2.32. The molecule has 2 aliphatic rings. The molecule has 4 rings (SSSR count). The van der Waals surface area contributed by atoms with E-state index in [-0.39, 0.29) is 30.4 Å². The van der Waals surface area contributed by atoms with Crippen LogP contribution in [-0.4, -0.2) is 60.8 Å². The Balaban J connectivity index is 1.52. The highest BCUT2D eigenvalue weighted by molar-refractivity contribution is 6.03. The molecule has 2 aliphatic heterocycles. The molecule has 1 amide bonds. The number of piperidine rings is 1. The van der Waals surface area contributed by atoms with Crippen molar-refractivity contribution in [3.05, 3.63) is 65.7 Å². The largest absolute Gasteiger partial charge is 0.497 e. The molecule has 0 radical (unpaired) electrons. The molecule has 2 atom stereocenters. The normalized spacial score (nSPS) is 20.9. The highest BCUT2D eigenvalue weighted by Gasteiger charge is 2.35. The Labute approximate surface area is 195 Å². The quantitative estimate of drug-likeness (QED) is 0.604. The summed E-state index contributed by atoms with van der Waals surface area (Å²) >= 11 is 0. The smallest absolute Gasteiger partial charge is 0.310 e. The maximum atomic E-state index is 13.4. The van der Waals surface area contributed by atoms with Crippen LogP contribution in [0.5, 0.6) is 5.75 Å². The number of benzene rings is 2. The zero-order chi connectivity index (χ0) is 23.2. The predicted molar refractivity (Wildman–Crippen MR) is 126 cm³/mol. The van der Waals surface area contributed by atoms with Crippen molar-refractivity contribution in [2.45, 2.75) is 32.2 Å². The summed E-state index contributed by atoms with van der Waals surface area (Å²) in [5, 5.41) is 6.38. The third-order valence-electron chi connectivity index (χ3n) is 6.26. The first-order valence-corrected chi connectivity index (χ1v) is 11.6. The molecule has 0 saturated carbocycles. The van der Waals surface area contributed by atoms with Gasteiger partial charge in [-0.3, -0.25) is 14.5 Å². The molecular formula is C26H31N3O4. The Bertz CT molecular complexity index is 990. The number of amides is 1. The first kappa shape index (κ1) is 23.0. The zero-order valence-corrected chi connectivity index (χ0v) is 19.3. The van der Waals surface area contributed by atoms with Gasteiger partial charge in [-0.25, -0.2) is 5.01 Å². The lowest BCUT2D eigenvalue weighted by Gasteiger charge is -2.32. The molecular weight excluding hydrogens is 418 g/mol. The molecule has 2 aromatic rings. The number of hydrogen-bond acceptors (Lipinski definition) is 6. The molecule has 0 bridgehead atoms. The molecule has 7 heteroatoms. The van der Waals surface area contributed by atoms with E-state index in [1.165, 1.54) is 0 Å². The molecule has 0 N–H and O–H groups in total. The maximum Gasteiger partial charge on any atom is 0.310 e. The summed E-state index contributed by atoms with van der Waals surface area (Å²) in [4.78, 5) is 27.7. The van der Waals surface area contributed by atoms with Gasteiger partial charge in [0.05, 0.1) is 37.9 Å². The minimum Gasteiger partial charge on any atom is -0.497 e. The number of methoxy groups -OCH3 is 1. The molecule has 33 heavy (non-hydrogen) atoms. The second-order valence-electron chi connectivity index (χ2n) is 8.47. The highest BCUT2D eigenvalue weighted by atomic mass is 16.5. The molecule has 7 nitrogen and oxygen atoms in total. The molecule has 1 saturated heterocycles. The van der Waals surface area contributed by atoms with Gasteiger partial charge in [0, 0.05) is 13.0 Å². The van der Waals surface area contributed by atoms with Crippen LogP contribution in [0.3, 0.4) is 0 Å². The Hall–Kier alpha value is -3.19. The van der Waals surface area contributed by atoms with Crippen LogP contribution in [0.1, 0.15) is 43.4 Å². The Morgan fingerprint density at radius 2 is 1.85 bits per heavy atom. The van der Waals surface area contributed by atoms with Crippen LogP contribution in [0.4, 0.5) is 0 Å². The van der Waals surface area contributed by atoms with Crippen LogP contribution in [0, 0.1) is 5.92 Å². The van der Waals surface area contributed by atoms with Gasteiger partial charge in [-0.2, -0.15) is 5.10 Å². The van der Waals surface area contributed by atoms with Crippen LogP contribution in [0.25, 0.3) is 0 Å². The van der Waals surface area contributed by atoms with Gasteiger partial charge in [-0.15, -0.1) is 0 Å². The first-order chi connectivity index (χ1) is 16.1. The summed E-state index contributed by atoms with van der Waals surface area (Å²) in [6, 6.07) is 17.6. The molecule has 2 heterocycles. The second kappa shape index (κ2) is 10.6. The van der Waals surface area contributed by atoms with Crippen LogP contribution in [-0.2, 0) is 14.3 Å². The van der Waals surface area contributed by atoms with Crippen molar-refractivity contribution in [2.24, 2.45) is 11.0 Å². The number of rotatable bonds is 7. The van der Waals surface area contributed by atoms with Crippen LogP contribution >= 0.6 is 0 Å². The fraction of sp³-hybridized carbons (Fsp3) is 0.423. The van der Waals surface area contributed by atoms with Crippen molar-refractivity contribution in [1.82, 2.24) is 9.91 Å². The molecule has 174 valence electrons. The van der Waals surface area contributed by atoms with Gasteiger partial charge in [-0.1, -0.05) is 42.5 Å². The van der Waals surface area contributed by atoms with Crippen molar-refractivity contribution in [3.63, 3.8) is 0 Å². The third kappa shape index (κ3) is 5.42. The lowest BCUT2D eigenvalue weighted by atomic mass is 9.97. The minimum absolute atomic E-state index is 0.0636. The summed E-state index contributed by atoms with van der Waals surface area (Å²) in [5.74, 6) is 0.366. The number of esters is 1. The summed E-state index contributed by atoms with van der Waals surface area (Å²) in [5.41, 5.74) is 2.93. The number of nitrogens with zero attached hydrogens (tertiary/aromatic N) is 3. The lowest BCUT2D eigenvalue weighted by molar-refractivity contribution is -0.150. The SMILES string of the molecule is CCOC(=O)[C@@H]1CCCN(CC(=O)N2N=C(c3ccccc3)C[C@@H]2c2ccc(OC)cc2)C1. The van der Waals surface area contributed by atoms with E-state index in [4.69, 9.17) is 14.6 Å². The van der Waals surface area contributed by atoms with E-state index in [0.29, 0.717) is 19.6 Å². The van der Waals surface area contributed by atoms with Crippen molar-refractivity contribution < 1.29 is 19.1 Å². The zero-order valence-electron chi connectivity index (χ0n) is 19.3. The molecule has 0 unspecified atom stereocenters. The van der Waals surface area contributed by atoms with Crippen LogP contribution in [0.15, 0.2) is 59.7 Å². The van der Waals surface area contributed by atoms with Crippen molar-refractivity contribution in [3.8, 4) is 5.75 Å². The van der Waals surface area contributed by atoms with E-state index < -0.39 is 0 Å². The van der Waals surface area contributed by atoms with Gasteiger partial charge >= 0.3 is 5.97 Å². The standard InChI is InChI=1S/C26H31N3O4/c1-3-33-26(31)21-10-7-15-28(17-21)18-25(30)29-24(20-11-13-22(32-2)14-12-20)16-23(27-29)19-8-5-4-6-9-19/h4-6,8-9,11-14,21,24H,3,7,10,15-18H2,1-2H3/t21-,24-/m1/s1. The van der Waals surface area contributed by atoms with Crippen molar-refractivity contribution in [1.29, 1.82) is 0 Å². The number of likely N-dealkylation sites (tertiary alicyclic amines) is 1. The van der Waals surface area contributed by atoms with E-state index in [9.17, 15) is 9.59 Å². The van der Waals surface area contributed by atoms with Crippen molar-refractivity contribution in [2.75, 3.05) is 33.4 Å². The third-order valence-corrected chi connectivity index (χ3v) is 6.26. The number of ether oxygens (including phenoxy) is 2. The number of hydrogen-bond donors (Lipinski definition) is 0. The van der Waals surface area contributed by atoms with Gasteiger partial charge in [0.2, 0.25) is 0 Å². The second-order valence-corrected chi connectivity index (χ2v) is 8.47. The van der Waals surface area contributed by atoms with Gasteiger partial charge in [-0.05, 0) is 49.6 Å². The van der Waals surface area contributed by atoms with E-state index in [1.54, 1.807) is 12.1 Å². The summed E-state index contributed by atoms with van der Waals surface area (Å²) in [7, 11) is 1.64. The predicted octanol–water partition coefficient (Wildman–Crippen LogP) is 3.65. The monoisotopic (exact) mass is 449 g/mol. The number of carbonyl (C=O) groups is 2. The van der Waals surface area contributed by atoms with Gasteiger partial charge < -0.3 is 9.47 Å². The Kier molecular flexibility index (Phi) is 7.40. The first-order valence-electron chi connectivity index (χ1n) is 11.6. The van der Waals surface area contributed by atoms with Crippen LogP contribution in [0.2, 0.25) is 0 Å². The topological polar surface area (TPSA) is 71.4 Å². The number of carbonyl (C=O) groups excluding carboxylic acids is 2. The highest BCUT2D eigenvalue weighted by Crippen LogP contribution is 2.34. The van der Waals surface area contributed by atoms with E-state index in [2.05, 4.69) is 4.90 Å². The molecule has 1 fully saturated rings. The van der Waals surface area contributed by atoms with Gasteiger partial charge in [0.15, 0.2) is 0 Å². The average molecular weight is 450 g/mol. The summed E-state index contributed by atoms with van der Waals surface area (Å²) < 4.78 is 10.5.